The van der Waals surface area contributed by atoms with Crippen LogP contribution in [0.5, 0.6) is 0 Å². The molecule has 1 aliphatic carbocycles. The third-order valence-corrected chi connectivity index (χ3v) is 3.65. The fourth-order valence-corrected chi connectivity index (χ4v) is 2.48. The summed E-state index contributed by atoms with van der Waals surface area (Å²) in [4.78, 5) is 16.1. The van der Waals surface area contributed by atoms with Crippen LogP contribution in [0.2, 0.25) is 0 Å². The first-order chi connectivity index (χ1) is 7.33. The Morgan fingerprint density at radius 1 is 1.53 bits per heavy atom. The van der Waals surface area contributed by atoms with E-state index in [2.05, 4.69) is 4.98 Å². The Hall–Kier alpha value is -1.22. The Labute approximate surface area is 92.0 Å². The first kappa shape index (κ1) is 9.04. The molecule has 0 radical (unpaired) electrons. The number of Topliss-reactive ketones (excluding diaryl/α,β-unsaturated/α-hetero) is 1. The van der Waals surface area contributed by atoms with E-state index >= 15 is 0 Å². The molecule has 1 saturated carbocycles. The molecule has 2 nitrogen and oxygen atoms in total. The first-order valence-electron chi connectivity index (χ1n) is 5.19. The highest BCUT2D eigenvalue weighted by Crippen LogP contribution is 2.33. The molecule has 0 spiro atoms. The molecule has 76 valence electrons. The molecule has 15 heavy (non-hydrogen) atoms. The molecular formula is C12H11NOS. The maximum atomic E-state index is 11.8. The molecule has 0 N–H and O–H groups in total. The minimum atomic E-state index is 0.250. The molecule has 0 aliphatic heterocycles. The van der Waals surface area contributed by atoms with Crippen molar-refractivity contribution in [1.82, 2.24) is 4.98 Å². The molecule has 2 aromatic heterocycles. The van der Waals surface area contributed by atoms with Crippen LogP contribution >= 0.6 is 11.3 Å². The summed E-state index contributed by atoms with van der Waals surface area (Å²) in [5.41, 5.74) is 1.76. The average Bonchev–Trinajstić information content (AvgIpc) is 2.94. The third-order valence-electron chi connectivity index (χ3n) is 2.80. The van der Waals surface area contributed by atoms with Gasteiger partial charge in [0.15, 0.2) is 5.78 Å². The van der Waals surface area contributed by atoms with Crippen molar-refractivity contribution >= 4 is 27.3 Å². The Balaban J connectivity index is 1.91. The van der Waals surface area contributed by atoms with Crippen LogP contribution < -0.4 is 0 Å². The van der Waals surface area contributed by atoms with Crippen LogP contribution in [0.3, 0.4) is 0 Å². The van der Waals surface area contributed by atoms with Gasteiger partial charge in [-0.3, -0.25) is 9.78 Å². The van der Waals surface area contributed by atoms with Gasteiger partial charge < -0.3 is 0 Å². The van der Waals surface area contributed by atoms with Gasteiger partial charge in [0.1, 0.15) is 0 Å². The van der Waals surface area contributed by atoms with Gasteiger partial charge in [0.2, 0.25) is 0 Å². The van der Waals surface area contributed by atoms with E-state index in [4.69, 9.17) is 0 Å². The van der Waals surface area contributed by atoms with E-state index < -0.39 is 0 Å². The second kappa shape index (κ2) is 3.42. The van der Waals surface area contributed by atoms with Gasteiger partial charge in [0, 0.05) is 18.2 Å². The summed E-state index contributed by atoms with van der Waals surface area (Å²) in [6, 6.07) is 3.95. The summed E-state index contributed by atoms with van der Waals surface area (Å²) in [5.74, 6) is 0.900. The number of hydrogen-bond acceptors (Lipinski definition) is 3. The van der Waals surface area contributed by atoms with Crippen molar-refractivity contribution in [2.24, 2.45) is 5.92 Å². The normalized spacial score (nSPS) is 15.7. The Morgan fingerprint density at radius 3 is 3.20 bits per heavy atom. The monoisotopic (exact) mass is 217 g/mol. The number of pyridine rings is 1. The number of thiophene rings is 1. The fraction of sp³-hybridized carbons (Fsp3) is 0.333. The largest absolute Gasteiger partial charge is 0.294 e. The fourth-order valence-electron chi connectivity index (χ4n) is 1.70. The van der Waals surface area contributed by atoms with Crippen molar-refractivity contribution in [2.75, 3.05) is 0 Å². The van der Waals surface area contributed by atoms with Crippen molar-refractivity contribution in [2.45, 2.75) is 19.3 Å². The molecule has 0 aromatic carbocycles. The van der Waals surface area contributed by atoms with E-state index in [-0.39, 0.29) is 5.78 Å². The van der Waals surface area contributed by atoms with Crippen molar-refractivity contribution in [3.05, 3.63) is 29.3 Å². The summed E-state index contributed by atoms with van der Waals surface area (Å²) >= 11 is 1.64. The lowest BCUT2D eigenvalue weighted by Gasteiger charge is -1.98. The number of carbonyl (C=O) groups is 1. The van der Waals surface area contributed by atoms with Crippen molar-refractivity contribution in [3.8, 4) is 0 Å². The number of fused-ring (bicyclic) bond motifs is 1. The molecule has 0 atom stereocenters. The van der Waals surface area contributed by atoms with E-state index in [0.29, 0.717) is 12.3 Å². The molecule has 2 heterocycles. The van der Waals surface area contributed by atoms with Crippen molar-refractivity contribution < 1.29 is 4.79 Å². The van der Waals surface area contributed by atoms with Crippen LogP contribution in [0.25, 0.3) is 10.2 Å². The molecule has 3 heteroatoms. The van der Waals surface area contributed by atoms with Crippen LogP contribution in [0, 0.1) is 5.92 Å². The van der Waals surface area contributed by atoms with Gasteiger partial charge in [-0.2, -0.15) is 0 Å². The lowest BCUT2D eigenvalue weighted by molar-refractivity contribution is 0.0976. The lowest BCUT2D eigenvalue weighted by Crippen LogP contribution is -2.00. The van der Waals surface area contributed by atoms with E-state index in [1.165, 1.54) is 12.8 Å². The summed E-state index contributed by atoms with van der Waals surface area (Å²) in [5, 5.41) is 2.01. The van der Waals surface area contributed by atoms with Crippen LogP contribution in [-0.4, -0.2) is 10.8 Å². The zero-order chi connectivity index (χ0) is 10.3. The predicted octanol–water partition coefficient (Wildman–Crippen LogP) is 3.28. The maximum Gasteiger partial charge on any atom is 0.164 e. The van der Waals surface area contributed by atoms with E-state index in [0.717, 1.165) is 15.8 Å². The van der Waals surface area contributed by atoms with E-state index in [9.17, 15) is 4.79 Å². The molecule has 0 unspecified atom stereocenters. The van der Waals surface area contributed by atoms with Crippen LogP contribution in [0.4, 0.5) is 0 Å². The van der Waals surface area contributed by atoms with Gasteiger partial charge >= 0.3 is 0 Å². The van der Waals surface area contributed by atoms with Gasteiger partial charge in [-0.25, -0.2) is 0 Å². The van der Waals surface area contributed by atoms with Gasteiger partial charge in [-0.05, 0) is 36.3 Å². The molecule has 2 aromatic rings. The highest BCUT2D eigenvalue weighted by Gasteiger charge is 2.25. The van der Waals surface area contributed by atoms with Crippen LogP contribution in [0.15, 0.2) is 23.7 Å². The SMILES string of the molecule is O=C(CC1CC1)c1cnc2ccsc2c1. The van der Waals surface area contributed by atoms with Crippen molar-refractivity contribution in [3.63, 3.8) is 0 Å². The maximum absolute atomic E-state index is 11.8. The zero-order valence-electron chi connectivity index (χ0n) is 8.27. The third kappa shape index (κ3) is 1.79. The Bertz CT molecular complexity index is 513. The second-order valence-corrected chi connectivity index (χ2v) is 5.05. The molecule has 0 saturated heterocycles. The van der Waals surface area contributed by atoms with E-state index in [1.807, 2.05) is 17.5 Å². The zero-order valence-corrected chi connectivity index (χ0v) is 9.09. The van der Waals surface area contributed by atoms with Gasteiger partial charge in [0.05, 0.1) is 10.2 Å². The smallest absolute Gasteiger partial charge is 0.164 e. The second-order valence-electron chi connectivity index (χ2n) is 4.10. The first-order valence-corrected chi connectivity index (χ1v) is 6.07. The highest BCUT2D eigenvalue weighted by molar-refractivity contribution is 7.17. The molecule has 1 aliphatic rings. The molecule has 0 amide bonds. The topological polar surface area (TPSA) is 30.0 Å². The number of carbonyl (C=O) groups excluding carboxylic acids is 1. The number of aromatic nitrogens is 1. The minimum absolute atomic E-state index is 0.250. The van der Waals surface area contributed by atoms with Crippen molar-refractivity contribution in [1.29, 1.82) is 0 Å². The molecular weight excluding hydrogens is 206 g/mol. The molecule has 1 fully saturated rings. The lowest BCUT2D eigenvalue weighted by atomic mass is 10.1. The summed E-state index contributed by atoms with van der Waals surface area (Å²) in [6.45, 7) is 0. The highest BCUT2D eigenvalue weighted by atomic mass is 32.1. The minimum Gasteiger partial charge on any atom is -0.294 e. The summed E-state index contributed by atoms with van der Waals surface area (Å²) in [7, 11) is 0. The van der Waals surface area contributed by atoms with Gasteiger partial charge in [-0.1, -0.05) is 0 Å². The number of hydrogen-bond donors (Lipinski definition) is 0. The van der Waals surface area contributed by atoms with E-state index in [1.54, 1.807) is 17.5 Å². The van der Waals surface area contributed by atoms with Crippen LogP contribution in [0.1, 0.15) is 29.6 Å². The summed E-state index contributed by atoms with van der Waals surface area (Å²) in [6.07, 6.45) is 4.86. The summed E-state index contributed by atoms with van der Waals surface area (Å²) < 4.78 is 1.11. The molecule has 0 bridgehead atoms. The average molecular weight is 217 g/mol. The standard InChI is InChI=1S/C12H11NOS/c14-11(5-8-1-2-8)9-6-12-10(13-7-9)3-4-15-12/h3-4,6-8H,1-2,5H2. The Kier molecular flexibility index (Phi) is 2.06. The van der Waals surface area contributed by atoms with Gasteiger partial charge in [0.25, 0.3) is 0 Å². The number of rotatable bonds is 3. The Morgan fingerprint density at radius 2 is 2.40 bits per heavy atom. The number of nitrogens with zero attached hydrogens (tertiary/aromatic N) is 1. The number of ketones is 1. The quantitative estimate of drug-likeness (QED) is 0.738. The van der Waals surface area contributed by atoms with Gasteiger partial charge in [-0.15, -0.1) is 11.3 Å². The predicted molar refractivity (Wildman–Crippen MR) is 61.3 cm³/mol. The van der Waals surface area contributed by atoms with Crippen LogP contribution in [-0.2, 0) is 0 Å². The molecule has 3 rings (SSSR count).